The highest BCUT2D eigenvalue weighted by molar-refractivity contribution is 6.30. The molecule has 4 rings (SSSR count). The van der Waals surface area contributed by atoms with E-state index < -0.39 is 6.04 Å². The molecule has 3 heterocycles. The van der Waals surface area contributed by atoms with Crippen molar-refractivity contribution in [3.63, 3.8) is 0 Å². The molecule has 1 N–H and O–H groups in total. The van der Waals surface area contributed by atoms with Crippen LogP contribution in [0.25, 0.3) is 0 Å². The molecule has 3 saturated heterocycles. The number of carbonyl (C=O) groups is 2. The lowest BCUT2D eigenvalue weighted by Crippen LogP contribution is -2.66. The first kappa shape index (κ1) is 18.3. The number of anilines is 1. The van der Waals surface area contributed by atoms with E-state index in [1.165, 1.54) is 4.90 Å². The third-order valence-corrected chi connectivity index (χ3v) is 5.81. The summed E-state index contributed by atoms with van der Waals surface area (Å²) in [6.07, 6.45) is 1.08. The van der Waals surface area contributed by atoms with Gasteiger partial charge in [0.15, 0.2) is 0 Å². The minimum atomic E-state index is -0.407. The van der Waals surface area contributed by atoms with Crippen LogP contribution < -0.4 is 10.2 Å². The van der Waals surface area contributed by atoms with Crippen molar-refractivity contribution in [2.24, 2.45) is 5.92 Å². The molecule has 1 aromatic carbocycles. The second-order valence-corrected chi connectivity index (χ2v) is 7.93. The van der Waals surface area contributed by atoms with E-state index >= 15 is 0 Å². The van der Waals surface area contributed by atoms with Gasteiger partial charge in [0, 0.05) is 37.4 Å². The Morgan fingerprint density at radius 3 is 2.63 bits per heavy atom. The van der Waals surface area contributed by atoms with Crippen molar-refractivity contribution >= 4 is 29.2 Å². The highest BCUT2D eigenvalue weighted by Gasteiger charge is 2.56. The molecule has 27 heavy (non-hydrogen) atoms. The maximum absolute atomic E-state index is 13.1. The number of fused-ring (bicyclic) bond motifs is 3. The van der Waals surface area contributed by atoms with E-state index in [-0.39, 0.29) is 30.9 Å². The minimum absolute atomic E-state index is 0.153. The molecular weight excluding hydrogens is 366 g/mol. The molecule has 4 unspecified atom stereocenters. The Hall–Kier alpha value is -2.09. The van der Waals surface area contributed by atoms with Gasteiger partial charge < -0.3 is 9.80 Å². The van der Waals surface area contributed by atoms with Crippen LogP contribution in [-0.2, 0) is 4.79 Å². The lowest BCUT2D eigenvalue weighted by Gasteiger charge is -2.45. The SMILES string of the molecule is C=CCN1C(=O)C2C(NC3N(c4ccc(Cl)cc4)CC(C)CN23)N(C)C1=O. The average molecular weight is 390 g/mol. The maximum atomic E-state index is 13.1. The Morgan fingerprint density at radius 1 is 1.26 bits per heavy atom. The highest BCUT2D eigenvalue weighted by Crippen LogP contribution is 2.34. The van der Waals surface area contributed by atoms with E-state index in [0.717, 1.165) is 18.8 Å². The summed E-state index contributed by atoms with van der Waals surface area (Å²) in [6, 6.07) is 7.02. The van der Waals surface area contributed by atoms with Gasteiger partial charge in [-0.2, -0.15) is 0 Å². The molecule has 0 radical (unpaired) electrons. The van der Waals surface area contributed by atoms with Crippen LogP contribution in [0.4, 0.5) is 10.5 Å². The van der Waals surface area contributed by atoms with Gasteiger partial charge in [-0.25, -0.2) is 4.79 Å². The van der Waals surface area contributed by atoms with Gasteiger partial charge in [-0.1, -0.05) is 24.6 Å². The molecule has 1 aromatic rings. The van der Waals surface area contributed by atoms with Gasteiger partial charge in [-0.05, 0) is 30.2 Å². The molecule has 3 fully saturated rings. The van der Waals surface area contributed by atoms with Gasteiger partial charge in [-0.15, -0.1) is 6.58 Å². The average Bonchev–Trinajstić information content (AvgIpc) is 3.03. The second-order valence-electron chi connectivity index (χ2n) is 7.49. The summed E-state index contributed by atoms with van der Waals surface area (Å²) >= 11 is 6.04. The van der Waals surface area contributed by atoms with Gasteiger partial charge >= 0.3 is 6.03 Å². The Bertz CT molecular complexity index is 770. The van der Waals surface area contributed by atoms with E-state index in [9.17, 15) is 9.59 Å². The van der Waals surface area contributed by atoms with Crippen molar-refractivity contribution in [2.45, 2.75) is 25.4 Å². The predicted octanol–water partition coefficient (Wildman–Crippen LogP) is 1.76. The molecule has 0 bridgehead atoms. The quantitative estimate of drug-likeness (QED) is 0.798. The number of hydrogen-bond acceptors (Lipinski definition) is 5. The molecule has 0 aliphatic carbocycles. The van der Waals surface area contributed by atoms with E-state index in [4.69, 9.17) is 11.6 Å². The van der Waals surface area contributed by atoms with Crippen LogP contribution in [0.2, 0.25) is 5.02 Å². The van der Waals surface area contributed by atoms with Crippen LogP contribution in [-0.4, -0.2) is 71.8 Å². The predicted molar refractivity (Wildman–Crippen MR) is 104 cm³/mol. The first-order valence-electron chi connectivity index (χ1n) is 9.15. The molecule has 3 aliphatic heterocycles. The number of likely N-dealkylation sites (N-methyl/N-ethyl adjacent to an activating group) is 1. The number of nitrogens with zero attached hydrogens (tertiary/aromatic N) is 4. The molecule has 8 heteroatoms. The van der Waals surface area contributed by atoms with E-state index in [0.29, 0.717) is 10.9 Å². The zero-order chi connectivity index (χ0) is 19.3. The summed E-state index contributed by atoms with van der Waals surface area (Å²) in [7, 11) is 1.74. The highest BCUT2D eigenvalue weighted by atomic mass is 35.5. The Labute approximate surface area is 164 Å². The van der Waals surface area contributed by atoms with Gasteiger partial charge in [-0.3, -0.25) is 19.9 Å². The number of nitrogens with one attached hydrogen (secondary N) is 1. The molecule has 0 aromatic heterocycles. The summed E-state index contributed by atoms with van der Waals surface area (Å²) < 4.78 is 0. The Balaban J connectivity index is 1.69. The van der Waals surface area contributed by atoms with Crippen LogP contribution in [0.15, 0.2) is 36.9 Å². The monoisotopic (exact) mass is 389 g/mol. The van der Waals surface area contributed by atoms with Crippen molar-refractivity contribution in [1.82, 2.24) is 20.0 Å². The molecule has 7 nitrogen and oxygen atoms in total. The minimum Gasteiger partial charge on any atom is -0.343 e. The number of amides is 3. The molecular formula is C19H24ClN5O2. The number of halogens is 1. The van der Waals surface area contributed by atoms with Crippen LogP contribution in [0, 0.1) is 5.92 Å². The van der Waals surface area contributed by atoms with Crippen LogP contribution in [0.1, 0.15) is 6.92 Å². The summed E-state index contributed by atoms with van der Waals surface area (Å²) in [5, 5.41) is 4.19. The fourth-order valence-corrected chi connectivity index (χ4v) is 4.47. The second kappa shape index (κ2) is 6.82. The van der Waals surface area contributed by atoms with Crippen molar-refractivity contribution in [1.29, 1.82) is 0 Å². The lowest BCUT2D eigenvalue weighted by molar-refractivity contribution is -0.138. The van der Waals surface area contributed by atoms with Gasteiger partial charge in [0.05, 0.1) is 0 Å². The first-order valence-corrected chi connectivity index (χ1v) is 9.53. The Kier molecular flexibility index (Phi) is 4.61. The topological polar surface area (TPSA) is 59.1 Å². The third-order valence-electron chi connectivity index (χ3n) is 5.56. The van der Waals surface area contributed by atoms with Crippen molar-refractivity contribution in [3.05, 3.63) is 41.9 Å². The molecule has 4 atom stereocenters. The summed E-state index contributed by atoms with van der Waals surface area (Å²) in [5.41, 5.74) is 1.04. The number of benzene rings is 1. The van der Waals surface area contributed by atoms with Crippen molar-refractivity contribution < 1.29 is 9.59 Å². The number of rotatable bonds is 3. The normalized spacial score (nSPS) is 31.1. The lowest BCUT2D eigenvalue weighted by atomic mass is 10.0. The largest absolute Gasteiger partial charge is 0.343 e. The third kappa shape index (κ3) is 2.90. The van der Waals surface area contributed by atoms with Crippen LogP contribution >= 0.6 is 11.6 Å². The standard InChI is InChI=1S/C19H24ClN5O2/c1-4-9-23-17(26)15-16(22(3)19(23)27)21-18-24(10-12(2)11-25(15)18)14-7-5-13(20)6-8-14/h4-8,12,15-16,18,21H,1,9-11H2,2-3H3. The molecule has 0 spiro atoms. The fraction of sp³-hybridized carbons (Fsp3) is 0.474. The van der Waals surface area contributed by atoms with Crippen molar-refractivity contribution in [3.8, 4) is 0 Å². The van der Waals surface area contributed by atoms with Gasteiger partial charge in [0.1, 0.15) is 18.5 Å². The smallest absolute Gasteiger partial charge is 0.328 e. The van der Waals surface area contributed by atoms with Crippen LogP contribution in [0.5, 0.6) is 0 Å². The zero-order valence-corrected chi connectivity index (χ0v) is 16.3. The number of carbonyl (C=O) groups excluding carboxylic acids is 2. The molecule has 3 amide bonds. The van der Waals surface area contributed by atoms with E-state index in [1.54, 1.807) is 18.0 Å². The van der Waals surface area contributed by atoms with E-state index in [1.807, 2.05) is 24.3 Å². The van der Waals surface area contributed by atoms with Gasteiger partial charge in [0.2, 0.25) is 0 Å². The number of imide groups is 1. The fourth-order valence-electron chi connectivity index (χ4n) is 4.35. The van der Waals surface area contributed by atoms with Crippen molar-refractivity contribution in [2.75, 3.05) is 31.6 Å². The van der Waals surface area contributed by atoms with E-state index in [2.05, 4.69) is 28.6 Å². The summed E-state index contributed by atoms with van der Waals surface area (Å²) in [4.78, 5) is 33.1. The molecule has 3 aliphatic rings. The van der Waals surface area contributed by atoms with Crippen LogP contribution in [0.3, 0.4) is 0 Å². The summed E-state index contributed by atoms with van der Waals surface area (Å²) in [6.45, 7) is 7.72. The Morgan fingerprint density at radius 2 is 1.96 bits per heavy atom. The van der Waals surface area contributed by atoms with Gasteiger partial charge in [0.25, 0.3) is 5.91 Å². The zero-order valence-electron chi connectivity index (χ0n) is 15.5. The summed E-state index contributed by atoms with van der Waals surface area (Å²) in [5.74, 6) is 0.212. The first-order chi connectivity index (χ1) is 12.9. The number of hydrogen-bond donors (Lipinski definition) is 1. The molecule has 144 valence electrons. The number of urea groups is 1. The molecule has 0 saturated carbocycles. The maximum Gasteiger partial charge on any atom is 0.328 e.